The number of amides is 1. The Balaban J connectivity index is 1.21. The Bertz CT molecular complexity index is 1460. The van der Waals surface area contributed by atoms with Crippen LogP contribution in [0.3, 0.4) is 0 Å². The molecule has 1 N–H and O–H groups in total. The largest absolute Gasteiger partial charge is 0.355 e. The van der Waals surface area contributed by atoms with Gasteiger partial charge in [-0.15, -0.1) is 0 Å². The van der Waals surface area contributed by atoms with Gasteiger partial charge in [-0.3, -0.25) is 9.69 Å². The van der Waals surface area contributed by atoms with E-state index in [0.717, 1.165) is 25.3 Å². The highest BCUT2D eigenvalue weighted by atomic mass is 32.2. The second-order valence-electron chi connectivity index (χ2n) is 10.2. The molecule has 2 aromatic carbocycles. The van der Waals surface area contributed by atoms with E-state index in [-0.39, 0.29) is 41.3 Å². The summed E-state index contributed by atoms with van der Waals surface area (Å²) in [6.45, 7) is 5.06. The molecule has 3 heterocycles. The summed E-state index contributed by atoms with van der Waals surface area (Å²) in [5.74, 6) is -0.764. The van der Waals surface area contributed by atoms with Gasteiger partial charge in [0.15, 0.2) is 10.7 Å². The van der Waals surface area contributed by atoms with Crippen LogP contribution < -0.4 is 5.32 Å². The zero-order valence-corrected chi connectivity index (χ0v) is 22.8. The Hall–Kier alpha value is -3.34. The number of halogens is 1. The molecule has 2 aliphatic heterocycles. The van der Waals surface area contributed by atoms with E-state index in [4.69, 9.17) is 4.52 Å². The first-order chi connectivity index (χ1) is 18.8. The summed E-state index contributed by atoms with van der Waals surface area (Å²) in [6.07, 6.45) is 6.15. The highest BCUT2D eigenvalue weighted by Crippen LogP contribution is 2.30. The van der Waals surface area contributed by atoms with E-state index >= 15 is 0 Å². The Morgan fingerprint density at radius 1 is 1.08 bits per heavy atom. The predicted molar refractivity (Wildman–Crippen MR) is 148 cm³/mol. The van der Waals surface area contributed by atoms with Gasteiger partial charge in [0.25, 0.3) is 0 Å². The van der Waals surface area contributed by atoms with E-state index in [9.17, 15) is 17.6 Å². The summed E-state index contributed by atoms with van der Waals surface area (Å²) < 4.78 is 47.7. The third-order valence-electron chi connectivity index (χ3n) is 7.37. The van der Waals surface area contributed by atoms with Crippen LogP contribution in [0.15, 0.2) is 57.9 Å². The lowest BCUT2D eigenvalue weighted by atomic mass is 9.97. The SMILES string of the molecule is Cc1noc(C=Cc2ccccc2F)c1S(=O)(=O)N1CCC(C(=O)Nc2cccc(CN3CCCC3)c2)CC1. The van der Waals surface area contributed by atoms with E-state index in [0.29, 0.717) is 18.4 Å². The number of benzene rings is 2. The molecule has 1 aromatic heterocycles. The Labute approximate surface area is 228 Å². The zero-order chi connectivity index (χ0) is 27.4. The molecule has 2 fully saturated rings. The minimum Gasteiger partial charge on any atom is -0.355 e. The molecule has 2 saturated heterocycles. The molecule has 1 amide bonds. The van der Waals surface area contributed by atoms with E-state index < -0.39 is 15.8 Å². The molecule has 0 bridgehead atoms. The summed E-state index contributed by atoms with van der Waals surface area (Å²) in [5, 5.41) is 6.87. The first kappa shape index (κ1) is 27.2. The fourth-order valence-electron chi connectivity index (χ4n) is 5.25. The van der Waals surface area contributed by atoms with Gasteiger partial charge in [-0.05, 0) is 81.6 Å². The Morgan fingerprint density at radius 2 is 1.82 bits per heavy atom. The molecule has 2 aliphatic rings. The first-order valence-electron chi connectivity index (χ1n) is 13.3. The van der Waals surface area contributed by atoms with Crippen molar-refractivity contribution < 1.29 is 22.1 Å². The standard InChI is InChI=1S/C29H33FN4O4S/c1-21-28(27(38-32-21)12-11-23-8-2-3-10-26(23)30)39(36,37)34-17-13-24(14-18-34)29(35)31-25-9-6-7-22(19-25)20-33-15-4-5-16-33/h2-3,6-12,19,24H,4-5,13-18,20H2,1H3,(H,31,35). The quantitative estimate of drug-likeness (QED) is 0.426. The van der Waals surface area contributed by atoms with E-state index in [1.54, 1.807) is 25.1 Å². The summed E-state index contributed by atoms with van der Waals surface area (Å²) in [4.78, 5) is 15.4. The van der Waals surface area contributed by atoms with Crippen LogP contribution in [-0.4, -0.2) is 54.9 Å². The van der Waals surface area contributed by atoms with Crippen LogP contribution in [0.1, 0.15) is 48.3 Å². The topological polar surface area (TPSA) is 95.8 Å². The van der Waals surface area contributed by atoms with Gasteiger partial charge in [0, 0.05) is 36.8 Å². The molecular weight excluding hydrogens is 519 g/mol. The highest BCUT2D eigenvalue weighted by molar-refractivity contribution is 7.89. The van der Waals surface area contributed by atoms with Gasteiger partial charge in [-0.1, -0.05) is 35.5 Å². The average molecular weight is 553 g/mol. The van der Waals surface area contributed by atoms with Crippen molar-refractivity contribution in [3.8, 4) is 0 Å². The number of sulfonamides is 1. The highest BCUT2D eigenvalue weighted by Gasteiger charge is 2.36. The zero-order valence-electron chi connectivity index (χ0n) is 22.0. The maximum absolute atomic E-state index is 14.0. The summed E-state index contributed by atoms with van der Waals surface area (Å²) in [5.41, 5.74) is 2.47. The number of piperidine rings is 1. The maximum Gasteiger partial charge on any atom is 0.248 e. The Kier molecular flexibility index (Phi) is 8.25. The fourth-order valence-corrected chi connectivity index (χ4v) is 6.97. The molecule has 0 saturated carbocycles. The van der Waals surface area contributed by atoms with Crippen molar-refractivity contribution in [1.82, 2.24) is 14.4 Å². The van der Waals surface area contributed by atoms with E-state index in [1.807, 2.05) is 18.2 Å². The second kappa shape index (κ2) is 11.8. The molecular formula is C29H33FN4O4S. The van der Waals surface area contributed by atoms with Crippen molar-refractivity contribution in [2.75, 3.05) is 31.5 Å². The molecule has 0 unspecified atom stereocenters. The number of nitrogens with one attached hydrogen (secondary N) is 1. The van der Waals surface area contributed by atoms with Crippen molar-refractivity contribution in [1.29, 1.82) is 0 Å². The monoisotopic (exact) mass is 552 g/mol. The number of hydrogen-bond acceptors (Lipinski definition) is 6. The number of nitrogens with zero attached hydrogens (tertiary/aromatic N) is 3. The normalized spacial score (nSPS) is 17.7. The molecule has 206 valence electrons. The van der Waals surface area contributed by atoms with Gasteiger partial charge in [-0.2, -0.15) is 4.31 Å². The predicted octanol–water partition coefficient (Wildman–Crippen LogP) is 4.93. The Morgan fingerprint density at radius 3 is 2.56 bits per heavy atom. The number of hydrogen-bond donors (Lipinski definition) is 1. The summed E-state index contributed by atoms with van der Waals surface area (Å²) >= 11 is 0. The molecule has 10 heteroatoms. The van der Waals surface area contributed by atoms with E-state index in [2.05, 4.69) is 21.4 Å². The van der Waals surface area contributed by atoms with Crippen LogP contribution >= 0.6 is 0 Å². The number of rotatable bonds is 8. The van der Waals surface area contributed by atoms with Crippen LogP contribution in [0.5, 0.6) is 0 Å². The summed E-state index contributed by atoms with van der Waals surface area (Å²) in [7, 11) is -3.92. The van der Waals surface area contributed by atoms with Gasteiger partial charge in [0.1, 0.15) is 11.5 Å². The lowest BCUT2D eigenvalue weighted by Crippen LogP contribution is -2.41. The van der Waals surface area contributed by atoms with Crippen molar-refractivity contribution in [3.05, 3.63) is 76.9 Å². The average Bonchev–Trinajstić information content (AvgIpc) is 3.58. The van der Waals surface area contributed by atoms with Crippen molar-refractivity contribution in [2.24, 2.45) is 5.92 Å². The first-order valence-corrected chi connectivity index (χ1v) is 14.8. The van der Waals surface area contributed by atoms with Gasteiger partial charge < -0.3 is 9.84 Å². The lowest BCUT2D eigenvalue weighted by molar-refractivity contribution is -0.120. The summed E-state index contributed by atoms with van der Waals surface area (Å²) in [6, 6.07) is 14.1. The van der Waals surface area contributed by atoms with Gasteiger partial charge in [0.05, 0.1) is 0 Å². The van der Waals surface area contributed by atoms with Crippen molar-refractivity contribution in [2.45, 2.75) is 44.0 Å². The molecule has 0 aliphatic carbocycles. The molecule has 3 aromatic rings. The third kappa shape index (κ3) is 6.29. The molecule has 0 atom stereocenters. The minimum absolute atomic E-state index is 0.0344. The maximum atomic E-state index is 14.0. The second-order valence-corrected chi connectivity index (χ2v) is 12.0. The van der Waals surface area contributed by atoms with Crippen LogP contribution in [-0.2, 0) is 21.4 Å². The van der Waals surface area contributed by atoms with Crippen molar-refractivity contribution in [3.63, 3.8) is 0 Å². The van der Waals surface area contributed by atoms with Crippen molar-refractivity contribution >= 4 is 33.8 Å². The number of carbonyl (C=O) groups excluding carboxylic acids is 1. The van der Waals surface area contributed by atoms with Gasteiger partial charge in [0.2, 0.25) is 15.9 Å². The van der Waals surface area contributed by atoms with Gasteiger partial charge >= 0.3 is 0 Å². The molecule has 0 spiro atoms. The van der Waals surface area contributed by atoms with Gasteiger partial charge in [-0.25, -0.2) is 12.8 Å². The van der Waals surface area contributed by atoms with Crippen LogP contribution in [0.2, 0.25) is 0 Å². The smallest absolute Gasteiger partial charge is 0.248 e. The third-order valence-corrected chi connectivity index (χ3v) is 9.43. The molecule has 5 rings (SSSR count). The van der Waals surface area contributed by atoms with Crippen LogP contribution in [0.25, 0.3) is 12.2 Å². The molecule has 0 radical (unpaired) electrons. The molecule has 39 heavy (non-hydrogen) atoms. The lowest BCUT2D eigenvalue weighted by Gasteiger charge is -2.30. The molecule has 8 nitrogen and oxygen atoms in total. The number of aryl methyl sites for hydroxylation is 1. The number of anilines is 1. The number of aromatic nitrogens is 1. The van der Waals surface area contributed by atoms with Crippen LogP contribution in [0, 0.1) is 18.7 Å². The minimum atomic E-state index is -3.92. The van der Waals surface area contributed by atoms with Crippen LogP contribution in [0.4, 0.5) is 10.1 Å². The number of carbonyl (C=O) groups is 1. The number of likely N-dealkylation sites (tertiary alicyclic amines) is 1. The fraction of sp³-hybridized carbons (Fsp3) is 0.379. The van der Waals surface area contributed by atoms with E-state index in [1.165, 1.54) is 40.9 Å².